The smallest absolute Gasteiger partial charge is 0.241 e. The number of amides is 1. The summed E-state index contributed by atoms with van der Waals surface area (Å²) in [5.74, 6) is 0.726. The number of ether oxygens (including phenoxy) is 1. The zero-order valence-electron chi connectivity index (χ0n) is 14.2. The van der Waals surface area contributed by atoms with Gasteiger partial charge in [-0.1, -0.05) is 36.7 Å². The minimum Gasteiger partial charge on any atom is -0.497 e. The number of hydrogen-bond donors (Lipinski definition) is 2. The van der Waals surface area contributed by atoms with Crippen LogP contribution in [-0.2, 0) is 4.79 Å². The number of halogens is 1. The second kappa shape index (κ2) is 8.71. The summed E-state index contributed by atoms with van der Waals surface area (Å²) in [7, 11) is 1.65. The third-order valence-corrected chi connectivity index (χ3v) is 4.10. The largest absolute Gasteiger partial charge is 0.497 e. The van der Waals surface area contributed by atoms with Gasteiger partial charge in [0.25, 0.3) is 0 Å². The summed E-state index contributed by atoms with van der Waals surface area (Å²) in [6, 6.07) is 14.8. The number of hydrogen-bond acceptors (Lipinski definition) is 3. The minimum atomic E-state index is -0.337. The van der Waals surface area contributed by atoms with E-state index in [9.17, 15) is 4.79 Å². The van der Waals surface area contributed by atoms with E-state index in [1.165, 1.54) is 0 Å². The van der Waals surface area contributed by atoms with Gasteiger partial charge in [-0.25, -0.2) is 0 Å². The number of carbonyl (C=O) groups is 1. The molecule has 0 spiro atoms. The van der Waals surface area contributed by atoms with Crippen molar-refractivity contribution < 1.29 is 9.53 Å². The lowest BCUT2D eigenvalue weighted by molar-refractivity contribution is -0.118. The van der Waals surface area contributed by atoms with E-state index in [0.717, 1.165) is 17.7 Å². The second-order valence-electron chi connectivity index (χ2n) is 5.62. The van der Waals surface area contributed by atoms with Crippen molar-refractivity contribution in [2.45, 2.75) is 32.4 Å². The SMILES string of the molecule is CC[C@@H](N[C@H](C)C(=O)Nc1cccc(Cl)c1)c1ccc(OC)cc1. The van der Waals surface area contributed by atoms with Gasteiger partial charge in [0.1, 0.15) is 5.75 Å². The van der Waals surface area contributed by atoms with Crippen LogP contribution in [0.3, 0.4) is 0 Å². The maximum Gasteiger partial charge on any atom is 0.241 e. The topological polar surface area (TPSA) is 50.4 Å². The predicted molar refractivity (Wildman–Crippen MR) is 98.7 cm³/mol. The Labute approximate surface area is 148 Å². The summed E-state index contributed by atoms with van der Waals surface area (Å²) in [6.07, 6.45) is 0.876. The van der Waals surface area contributed by atoms with Crippen LogP contribution in [-0.4, -0.2) is 19.1 Å². The van der Waals surface area contributed by atoms with Crippen LogP contribution < -0.4 is 15.4 Å². The van der Waals surface area contributed by atoms with Crippen molar-refractivity contribution in [3.63, 3.8) is 0 Å². The van der Waals surface area contributed by atoms with Crippen LogP contribution >= 0.6 is 11.6 Å². The highest BCUT2D eigenvalue weighted by Gasteiger charge is 2.18. The Morgan fingerprint density at radius 2 is 1.92 bits per heavy atom. The van der Waals surface area contributed by atoms with E-state index >= 15 is 0 Å². The Morgan fingerprint density at radius 3 is 2.50 bits per heavy atom. The molecule has 0 fully saturated rings. The van der Waals surface area contributed by atoms with E-state index in [0.29, 0.717) is 10.7 Å². The van der Waals surface area contributed by atoms with Gasteiger partial charge in [0.15, 0.2) is 0 Å². The third-order valence-electron chi connectivity index (χ3n) is 3.86. The number of carbonyl (C=O) groups excluding carboxylic acids is 1. The first kappa shape index (κ1) is 18.3. The monoisotopic (exact) mass is 346 g/mol. The Balaban J connectivity index is 1.99. The van der Waals surface area contributed by atoms with Gasteiger partial charge >= 0.3 is 0 Å². The quantitative estimate of drug-likeness (QED) is 0.780. The fourth-order valence-corrected chi connectivity index (χ4v) is 2.67. The van der Waals surface area contributed by atoms with Crippen molar-refractivity contribution in [3.05, 3.63) is 59.1 Å². The molecule has 2 aromatic carbocycles. The summed E-state index contributed by atoms with van der Waals surface area (Å²) in [6.45, 7) is 3.94. The molecule has 0 aliphatic heterocycles. The normalized spacial score (nSPS) is 13.2. The molecule has 4 nitrogen and oxygen atoms in total. The van der Waals surface area contributed by atoms with Crippen LogP contribution in [0.2, 0.25) is 5.02 Å². The summed E-state index contributed by atoms with van der Waals surface area (Å²) in [5, 5.41) is 6.84. The van der Waals surface area contributed by atoms with Gasteiger partial charge < -0.3 is 10.1 Å². The minimum absolute atomic E-state index is 0.0933. The zero-order valence-corrected chi connectivity index (χ0v) is 14.9. The first-order valence-corrected chi connectivity index (χ1v) is 8.37. The second-order valence-corrected chi connectivity index (χ2v) is 6.06. The Hall–Kier alpha value is -2.04. The molecule has 2 rings (SSSR count). The van der Waals surface area contributed by atoms with Gasteiger partial charge in [0.05, 0.1) is 13.2 Å². The van der Waals surface area contributed by atoms with E-state index in [-0.39, 0.29) is 18.0 Å². The molecule has 0 aliphatic rings. The van der Waals surface area contributed by atoms with Crippen molar-refractivity contribution in [1.29, 1.82) is 0 Å². The molecule has 0 unspecified atom stereocenters. The maximum absolute atomic E-state index is 12.4. The Kier molecular flexibility index (Phi) is 6.64. The first-order chi connectivity index (χ1) is 11.5. The molecule has 0 aromatic heterocycles. The summed E-state index contributed by atoms with van der Waals surface area (Å²) in [5.41, 5.74) is 1.82. The summed E-state index contributed by atoms with van der Waals surface area (Å²) >= 11 is 5.94. The lowest BCUT2D eigenvalue weighted by Crippen LogP contribution is -2.40. The molecule has 24 heavy (non-hydrogen) atoms. The lowest BCUT2D eigenvalue weighted by Gasteiger charge is -2.22. The molecule has 1 amide bonds. The van der Waals surface area contributed by atoms with Crippen LogP contribution in [0.1, 0.15) is 31.9 Å². The highest BCUT2D eigenvalue weighted by molar-refractivity contribution is 6.30. The van der Waals surface area contributed by atoms with E-state index in [1.54, 1.807) is 19.2 Å². The number of benzene rings is 2. The van der Waals surface area contributed by atoms with Crippen molar-refractivity contribution in [2.24, 2.45) is 0 Å². The molecule has 0 aliphatic carbocycles. The van der Waals surface area contributed by atoms with Gasteiger partial charge in [-0.05, 0) is 49.2 Å². The molecule has 0 heterocycles. The van der Waals surface area contributed by atoms with Crippen molar-refractivity contribution in [2.75, 3.05) is 12.4 Å². The molecular weight excluding hydrogens is 324 g/mol. The molecule has 5 heteroatoms. The van der Waals surface area contributed by atoms with Crippen LogP contribution in [0.15, 0.2) is 48.5 Å². The van der Waals surface area contributed by atoms with Crippen LogP contribution in [0.5, 0.6) is 5.75 Å². The molecular formula is C19H23ClN2O2. The Morgan fingerprint density at radius 1 is 1.21 bits per heavy atom. The molecule has 0 saturated heterocycles. The van der Waals surface area contributed by atoms with Crippen LogP contribution in [0.4, 0.5) is 5.69 Å². The summed E-state index contributed by atoms with van der Waals surface area (Å²) < 4.78 is 5.18. The molecule has 0 bridgehead atoms. The van der Waals surface area contributed by atoms with Crippen LogP contribution in [0.25, 0.3) is 0 Å². The Bertz CT molecular complexity index is 673. The number of rotatable bonds is 7. The molecule has 2 aromatic rings. The van der Waals surface area contributed by atoms with Gasteiger partial charge in [-0.2, -0.15) is 0 Å². The average Bonchev–Trinajstić information content (AvgIpc) is 2.59. The van der Waals surface area contributed by atoms with Crippen molar-refractivity contribution >= 4 is 23.2 Å². The van der Waals surface area contributed by atoms with Gasteiger partial charge in [-0.3, -0.25) is 10.1 Å². The van der Waals surface area contributed by atoms with Gasteiger partial charge in [0.2, 0.25) is 5.91 Å². The molecule has 0 saturated carbocycles. The number of nitrogens with one attached hydrogen (secondary N) is 2. The number of methoxy groups -OCH3 is 1. The van der Waals surface area contributed by atoms with E-state index < -0.39 is 0 Å². The van der Waals surface area contributed by atoms with Gasteiger partial charge in [0, 0.05) is 16.8 Å². The average molecular weight is 347 g/mol. The van der Waals surface area contributed by atoms with E-state index in [1.807, 2.05) is 43.3 Å². The van der Waals surface area contributed by atoms with Crippen LogP contribution in [0, 0.1) is 0 Å². The van der Waals surface area contributed by atoms with E-state index in [2.05, 4.69) is 17.6 Å². The fourth-order valence-electron chi connectivity index (χ4n) is 2.48. The van der Waals surface area contributed by atoms with Crippen molar-refractivity contribution in [1.82, 2.24) is 5.32 Å². The molecule has 0 radical (unpaired) electrons. The van der Waals surface area contributed by atoms with Gasteiger partial charge in [-0.15, -0.1) is 0 Å². The maximum atomic E-state index is 12.4. The highest BCUT2D eigenvalue weighted by Crippen LogP contribution is 2.21. The van der Waals surface area contributed by atoms with Crippen molar-refractivity contribution in [3.8, 4) is 5.75 Å². The molecule has 2 atom stereocenters. The standard InChI is InChI=1S/C19H23ClN2O2/c1-4-18(14-8-10-17(24-3)11-9-14)21-13(2)19(23)22-16-7-5-6-15(20)12-16/h5-13,18,21H,4H2,1-3H3,(H,22,23)/t13-,18-/m1/s1. The number of anilines is 1. The molecule has 128 valence electrons. The summed E-state index contributed by atoms with van der Waals surface area (Å²) in [4.78, 5) is 12.4. The first-order valence-electron chi connectivity index (χ1n) is 8.00. The zero-order chi connectivity index (χ0) is 17.5. The highest BCUT2D eigenvalue weighted by atomic mass is 35.5. The fraction of sp³-hybridized carbons (Fsp3) is 0.316. The third kappa shape index (κ3) is 4.98. The predicted octanol–water partition coefficient (Wildman–Crippen LogP) is 4.42. The van der Waals surface area contributed by atoms with E-state index in [4.69, 9.17) is 16.3 Å². The molecule has 2 N–H and O–H groups in total. The lowest BCUT2D eigenvalue weighted by atomic mass is 10.0.